The van der Waals surface area contributed by atoms with E-state index < -0.39 is 20.5 Å². The van der Waals surface area contributed by atoms with Crippen molar-refractivity contribution in [3.8, 4) is 0 Å². The van der Waals surface area contributed by atoms with Crippen molar-refractivity contribution < 1.29 is 22.0 Å². The van der Waals surface area contributed by atoms with Gasteiger partial charge in [-0.15, -0.1) is 0 Å². The Morgan fingerprint density at radius 3 is 2.57 bits per heavy atom. The predicted octanol–water partition coefficient (Wildman–Crippen LogP) is 3.24. The van der Waals surface area contributed by atoms with E-state index in [9.17, 15) is 22.0 Å². The topological polar surface area (TPSA) is 79.4 Å². The van der Waals surface area contributed by atoms with E-state index in [1.54, 1.807) is 6.07 Å². The number of anilines is 2. The molecule has 1 saturated heterocycles. The lowest BCUT2D eigenvalue weighted by Crippen LogP contribution is -2.40. The van der Waals surface area contributed by atoms with E-state index in [1.807, 2.05) is 24.0 Å². The Morgan fingerprint density at radius 1 is 1.21 bits per heavy atom. The normalized spacial score (nSPS) is 17.6. The van der Waals surface area contributed by atoms with E-state index in [2.05, 4.69) is 10.3 Å². The Kier molecular flexibility index (Phi) is 5.93. The average molecular weight is 409 g/mol. The van der Waals surface area contributed by atoms with E-state index >= 15 is 0 Å². The summed E-state index contributed by atoms with van der Waals surface area (Å²) in [5.74, 6) is -3.32. The Morgan fingerprint density at radius 2 is 1.93 bits per heavy atom. The molecule has 1 aliphatic heterocycles. The second kappa shape index (κ2) is 8.22. The molecule has 1 N–H and O–H groups in total. The third-order valence-corrected chi connectivity index (χ3v) is 6.10. The summed E-state index contributed by atoms with van der Waals surface area (Å²) in [4.78, 5) is 18.4. The molecule has 1 aromatic carbocycles. The van der Waals surface area contributed by atoms with Gasteiger partial charge in [0.2, 0.25) is 15.7 Å². The Bertz CT molecular complexity index is 949. The van der Waals surface area contributed by atoms with Crippen LogP contribution in [-0.2, 0) is 14.6 Å². The van der Waals surface area contributed by atoms with Crippen molar-refractivity contribution in [2.24, 2.45) is 5.92 Å². The fraction of sp³-hybridized carbons (Fsp3) is 0.368. The molecule has 1 atom stereocenters. The molecule has 9 heteroatoms. The average Bonchev–Trinajstić information content (AvgIpc) is 2.68. The minimum absolute atomic E-state index is 0.125. The first-order valence-electron chi connectivity index (χ1n) is 8.89. The van der Waals surface area contributed by atoms with E-state index in [1.165, 1.54) is 24.3 Å². The van der Waals surface area contributed by atoms with Gasteiger partial charge in [-0.25, -0.2) is 13.4 Å². The summed E-state index contributed by atoms with van der Waals surface area (Å²) in [6.07, 6.45) is 1.52. The van der Waals surface area contributed by atoms with Crippen LogP contribution in [0.5, 0.6) is 0 Å². The number of alkyl halides is 2. The number of aromatic nitrogens is 1. The maximum atomic E-state index is 12.6. The molecule has 0 bridgehead atoms. The molecule has 2 heterocycles. The van der Waals surface area contributed by atoms with Crippen LogP contribution in [0.3, 0.4) is 0 Å². The number of halogens is 2. The van der Waals surface area contributed by atoms with Crippen LogP contribution < -0.4 is 10.2 Å². The van der Waals surface area contributed by atoms with Crippen molar-refractivity contribution in [2.45, 2.75) is 30.4 Å². The zero-order valence-electron chi connectivity index (χ0n) is 15.3. The van der Waals surface area contributed by atoms with Crippen LogP contribution in [0.15, 0.2) is 47.4 Å². The molecule has 0 radical (unpaired) electrons. The minimum atomic E-state index is -4.61. The number of hydrogen-bond acceptors (Lipinski definition) is 5. The van der Waals surface area contributed by atoms with Crippen LogP contribution in [-0.4, -0.2) is 38.2 Å². The number of carbonyl (C=O) groups excluding carboxylic acids is 1. The first-order chi connectivity index (χ1) is 13.3. The van der Waals surface area contributed by atoms with Crippen LogP contribution >= 0.6 is 0 Å². The standard InChI is InChI=1S/C19H21F2N3O3S/c1-13-4-2-6-17(22-13)23-18(25)14-5-3-11-24(12-14)15-7-9-16(10-8-15)28(26,27)19(20)21/h2,4,6-10,14,19H,3,5,11-12H2,1H3,(H,22,23,25). The lowest BCUT2D eigenvalue weighted by atomic mass is 9.96. The first kappa shape index (κ1) is 20.2. The highest BCUT2D eigenvalue weighted by Crippen LogP contribution is 2.26. The number of piperidine rings is 1. The van der Waals surface area contributed by atoms with Gasteiger partial charge in [0.05, 0.1) is 10.8 Å². The highest BCUT2D eigenvalue weighted by molar-refractivity contribution is 7.91. The highest BCUT2D eigenvalue weighted by atomic mass is 32.2. The van der Waals surface area contributed by atoms with Gasteiger partial charge in [0.25, 0.3) is 0 Å². The monoisotopic (exact) mass is 409 g/mol. The number of amides is 1. The summed E-state index contributed by atoms with van der Waals surface area (Å²) in [6.45, 7) is 3.00. The number of hydrogen-bond donors (Lipinski definition) is 1. The van der Waals surface area contributed by atoms with Gasteiger partial charge in [0.15, 0.2) is 0 Å². The largest absolute Gasteiger partial charge is 0.371 e. The lowest BCUT2D eigenvalue weighted by Gasteiger charge is -2.33. The Labute approximate surface area is 162 Å². The Hall–Kier alpha value is -2.55. The third kappa shape index (κ3) is 4.46. The zero-order chi connectivity index (χ0) is 20.3. The smallest absolute Gasteiger partial charge is 0.341 e. The second-order valence-corrected chi connectivity index (χ2v) is 8.66. The van der Waals surface area contributed by atoms with Crippen molar-refractivity contribution in [3.63, 3.8) is 0 Å². The molecule has 2 aromatic rings. The number of carbonyl (C=O) groups is 1. The molecule has 6 nitrogen and oxygen atoms in total. The fourth-order valence-corrected chi connectivity index (χ4v) is 3.94. The maximum Gasteiger partial charge on any atom is 0.341 e. The molecule has 28 heavy (non-hydrogen) atoms. The molecule has 1 fully saturated rings. The summed E-state index contributed by atoms with van der Waals surface area (Å²) in [5, 5.41) is 2.83. The second-order valence-electron chi connectivity index (χ2n) is 6.74. The van der Waals surface area contributed by atoms with Crippen LogP contribution in [0.1, 0.15) is 18.5 Å². The summed E-state index contributed by atoms with van der Waals surface area (Å²) in [6, 6.07) is 10.7. The Balaban J connectivity index is 1.68. The van der Waals surface area contributed by atoms with E-state index in [0.717, 1.165) is 18.5 Å². The third-order valence-electron chi connectivity index (χ3n) is 4.70. The van der Waals surface area contributed by atoms with Crippen molar-refractivity contribution >= 4 is 27.2 Å². The molecule has 0 aliphatic carbocycles. The summed E-state index contributed by atoms with van der Waals surface area (Å²) >= 11 is 0. The number of aryl methyl sites for hydroxylation is 1. The van der Waals surface area contributed by atoms with Crippen molar-refractivity contribution in [2.75, 3.05) is 23.3 Å². The molecule has 1 aromatic heterocycles. The molecular weight excluding hydrogens is 388 g/mol. The van der Waals surface area contributed by atoms with Gasteiger partial charge in [-0.2, -0.15) is 8.78 Å². The van der Waals surface area contributed by atoms with E-state index in [-0.39, 0.29) is 11.8 Å². The van der Waals surface area contributed by atoms with E-state index in [4.69, 9.17) is 0 Å². The van der Waals surface area contributed by atoms with Gasteiger partial charge in [0, 0.05) is 24.5 Å². The summed E-state index contributed by atoms with van der Waals surface area (Å²) < 4.78 is 48.4. The first-order valence-corrected chi connectivity index (χ1v) is 10.4. The molecule has 3 rings (SSSR count). The van der Waals surface area contributed by atoms with Gasteiger partial charge in [-0.3, -0.25) is 4.79 Å². The SMILES string of the molecule is Cc1cccc(NC(=O)C2CCCN(c3ccc(S(=O)(=O)C(F)F)cc3)C2)n1. The minimum Gasteiger partial charge on any atom is -0.371 e. The fourth-order valence-electron chi connectivity index (χ4n) is 3.22. The van der Waals surface area contributed by atoms with Gasteiger partial charge in [-0.05, 0) is 56.2 Å². The molecule has 1 amide bonds. The van der Waals surface area contributed by atoms with Crippen molar-refractivity contribution in [1.29, 1.82) is 0 Å². The maximum absolute atomic E-state index is 12.6. The van der Waals surface area contributed by atoms with Crippen LogP contribution in [0.25, 0.3) is 0 Å². The molecule has 1 aliphatic rings. The van der Waals surface area contributed by atoms with Crippen LogP contribution in [0, 0.1) is 12.8 Å². The van der Waals surface area contributed by atoms with Crippen LogP contribution in [0.2, 0.25) is 0 Å². The van der Waals surface area contributed by atoms with Crippen LogP contribution in [0.4, 0.5) is 20.3 Å². The predicted molar refractivity (Wildman–Crippen MR) is 102 cm³/mol. The summed E-state index contributed by atoms with van der Waals surface area (Å²) in [7, 11) is -4.61. The van der Waals surface area contributed by atoms with Crippen molar-refractivity contribution in [1.82, 2.24) is 4.98 Å². The summed E-state index contributed by atoms with van der Waals surface area (Å²) in [5.41, 5.74) is 1.50. The quantitative estimate of drug-likeness (QED) is 0.820. The molecule has 150 valence electrons. The number of rotatable bonds is 5. The van der Waals surface area contributed by atoms with Gasteiger partial charge in [-0.1, -0.05) is 6.07 Å². The van der Waals surface area contributed by atoms with E-state index in [0.29, 0.717) is 24.6 Å². The molecule has 0 spiro atoms. The number of benzene rings is 1. The van der Waals surface area contributed by atoms with Crippen molar-refractivity contribution in [3.05, 3.63) is 48.2 Å². The van der Waals surface area contributed by atoms with Gasteiger partial charge < -0.3 is 10.2 Å². The zero-order valence-corrected chi connectivity index (χ0v) is 16.1. The highest BCUT2D eigenvalue weighted by Gasteiger charge is 2.28. The number of pyridine rings is 1. The van der Waals surface area contributed by atoms with Gasteiger partial charge in [0.1, 0.15) is 5.82 Å². The molecule has 0 saturated carbocycles. The van der Waals surface area contributed by atoms with Gasteiger partial charge >= 0.3 is 5.76 Å². The molecular formula is C19H21F2N3O3S. The molecule has 1 unspecified atom stereocenters. The number of nitrogens with zero attached hydrogens (tertiary/aromatic N) is 2. The lowest BCUT2D eigenvalue weighted by molar-refractivity contribution is -0.120. The number of sulfone groups is 1. The number of nitrogens with one attached hydrogen (secondary N) is 1.